The number of benzene rings is 1. The Morgan fingerprint density at radius 3 is 2.00 bits per heavy atom. The number of amides is 4. The minimum absolute atomic E-state index is 0.0000258. The molecule has 33 heavy (non-hydrogen) atoms. The van der Waals surface area contributed by atoms with E-state index in [2.05, 4.69) is 17.6 Å². The zero-order valence-electron chi connectivity index (χ0n) is 19.0. The molecule has 6 aliphatic rings. The van der Waals surface area contributed by atoms with E-state index in [1.54, 1.807) is 4.90 Å². The van der Waals surface area contributed by atoms with Gasteiger partial charge in [0.2, 0.25) is 5.91 Å². The van der Waals surface area contributed by atoms with Gasteiger partial charge in [0.1, 0.15) is 0 Å². The highest BCUT2D eigenvalue weighted by Crippen LogP contribution is 2.65. The monoisotopic (exact) mass is 447 g/mol. The lowest BCUT2D eigenvalue weighted by Gasteiger charge is -2.37. The Hall–Kier alpha value is -2.96. The average Bonchev–Trinajstić information content (AvgIpc) is 3.60. The van der Waals surface area contributed by atoms with Crippen LogP contribution in [0, 0.1) is 55.3 Å². The van der Waals surface area contributed by atoms with Gasteiger partial charge < -0.3 is 4.90 Å². The third-order valence-electron chi connectivity index (χ3n) is 8.73. The van der Waals surface area contributed by atoms with Crippen molar-refractivity contribution < 1.29 is 19.2 Å². The van der Waals surface area contributed by atoms with Gasteiger partial charge in [0.25, 0.3) is 17.7 Å². The number of hydrogen-bond acceptors (Lipinski definition) is 4. The number of nitrogens with zero attached hydrogens (tertiary/aromatic N) is 2. The molecule has 0 unspecified atom stereocenters. The van der Waals surface area contributed by atoms with Gasteiger partial charge in [-0.3, -0.25) is 24.6 Å². The normalized spacial score (nSPS) is 34.4. The summed E-state index contributed by atoms with van der Waals surface area (Å²) in [4.78, 5) is 54.0. The van der Waals surface area contributed by atoms with Crippen LogP contribution >= 0.6 is 0 Å². The fraction of sp³-hybridized carbons (Fsp3) is 0.538. The number of likely N-dealkylation sites (tertiary alicyclic amines) is 1. The van der Waals surface area contributed by atoms with E-state index in [-0.39, 0.29) is 53.2 Å². The van der Waals surface area contributed by atoms with Crippen LogP contribution in [-0.4, -0.2) is 46.6 Å². The van der Waals surface area contributed by atoms with Crippen LogP contribution in [0.1, 0.15) is 40.7 Å². The molecule has 4 aliphatic carbocycles. The zero-order chi connectivity index (χ0) is 23.0. The third-order valence-corrected chi connectivity index (χ3v) is 8.73. The first-order valence-electron chi connectivity index (χ1n) is 12.1. The van der Waals surface area contributed by atoms with Crippen molar-refractivity contribution in [1.29, 1.82) is 0 Å². The van der Waals surface area contributed by atoms with Gasteiger partial charge >= 0.3 is 0 Å². The Kier molecular flexibility index (Phi) is 4.55. The van der Waals surface area contributed by atoms with Gasteiger partial charge in [-0.25, -0.2) is 0 Å². The number of piperidine rings is 1. The molecule has 172 valence electrons. The number of allylic oxidation sites excluding steroid dienone is 2. The first-order valence-corrected chi connectivity index (χ1v) is 12.1. The van der Waals surface area contributed by atoms with E-state index in [4.69, 9.17) is 0 Å². The molecular formula is C26H29N3O4. The van der Waals surface area contributed by atoms with Crippen molar-refractivity contribution >= 4 is 23.6 Å². The van der Waals surface area contributed by atoms with E-state index in [0.717, 1.165) is 28.1 Å². The summed E-state index contributed by atoms with van der Waals surface area (Å²) in [7, 11) is 0. The maximum absolute atomic E-state index is 13.1. The number of hydrogen-bond donors (Lipinski definition) is 1. The average molecular weight is 448 g/mol. The van der Waals surface area contributed by atoms with Crippen molar-refractivity contribution in [2.24, 2.45) is 41.4 Å². The second-order valence-corrected chi connectivity index (χ2v) is 10.5. The number of imide groups is 1. The van der Waals surface area contributed by atoms with Crippen LogP contribution < -0.4 is 5.43 Å². The fourth-order valence-corrected chi connectivity index (χ4v) is 6.92. The molecule has 0 radical (unpaired) electrons. The van der Waals surface area contributed by atoms with Crippen molar-refractivity contribution in [3.05, 3.63) is 47.0 Å². The first-order chi connectivity index (χ1) is 15.9. The van der Waals surface area contributed by atoms with E-state index in [1.165, 1.54) is 0 Å². The molecule has 7 rings (SSSR count). The molecule has 4 amide bonds. The number of hydrazine groups is 1. The van der Waals surface area contributed by atoms with Gasteiger partial charge in [0.15, 0.2) is 0 Å². The molecular weight excluding hydrogens is 418 g/mol. The van der Waals surface area contributed by atoms with Crippen LogP contribution in [0.5, 0.6) is 0 Å². The fourth-order valence-electron chi connectivity index (χ4n) is 6.92. The molecule has 2 saturated heterocycles. The quantitative estimate of drug-likeness (QED) is 0.569. The minimum atomic E-state index is -0.321. The third kappa shape index (κ3) is 3.01. The summed E-state index contributed by atoms with van der Waals surface area (Å²) in [6, 6.07) is 5.82. The summed E-state index contributed by atoms with van der Waals surface area (Å²) in [6.45, 7) is 4.84. The summed E-state index contributed by atoms with van der Waals surface area (Å²) in [6.07, 6.45) is 6.39. The molecule has 1 N–H and O–H groups in total. The SMILES string of the molecule is Cc1cccc(C)c1C(=O)N1CCC(C(=O)NN2C(=O)[C@@H]3[C@@H]4C=C[C@@H]([C@H]5C[C@@H]45)[C@@H]3C2=O)CC1. The first kappa shape index (κ1) is 20.6. The lowest BCUT2D eigenvalue weighted by molar-refractivity contribution is -0.151. The second-order valence-electron chi connectivity index (χ2n) is 10.5. The molecule has 2 saturated carbocycles. The van der Waals surface area contributed by atoms with Crippen molar-refractivity contribution in [3.8, 4) is 0 Å². The van der Waals surface area contributed by atoms with E-state index in [0.29, 0.717) is 37.8 Å². The Morgan fingerprint density at radius 2 is 1.45 bits per heavy atom. The molecule has 1 aromatic carbocycles. The number of rotatable bonds is 3. The van der Waals surface area contributed by atoms with Gasteiger partial charge in [0, 0.05) is 24.6 Å². The molecule has 2 heterocycles. The molecule has 0 spiro atoms. The number of aryl methyl sites for hydroxylation is 2. The van der Waals surface area contributed by atoms with E-state index < -0.39 is 0 Å². The number of carbonyl (C=O) groups excluding carboxylic acids is 4. The van der Waals surface area contributed by atoms with Crippen LogP contribution in [0.15, 0.2) is 30.4 Å². The molecule has 4 fully saturated rings. The largest absolute Gasteiger partial charge is 0.339 e. The van der Waals surface area contributed by atoms with Crippen LogP contribution in [-0.2, 0) is 14.4 Å². The van der Waals surface area contributed by atoms with Gasteiger partial charge in [-0.15, -0.1) is 0 Å². The van der Waals surface area contributed by atoms with Crippen LogP contribution in [0.3, 0.4) is 0 Å². The summed E-state index contributed by atoms with van der Waals surface area (Å²) in [5, 5.41) is 1.02. The molecule has 7 nitrogen and oxygen atoms in total. The summed E-state index contributed by atoms with van der Waals surface area (Å²) < 4.78 is 0. The molecule has 7 heteroatoms. The molecule has 2 bridgehead atoms. The van der Waals surface area contributed by atoms with Gasteiger partial charge in [-0.05, 0) is 67.9 Å². The standard InChI is InChI=1S/C26H29N3O4/c1-13-4-3-5-14(2)20(13)24(31)28-10-8-15(9-11-28)23(30)27-29-25(32)21-16-6-7-17(19-12-18(16)19)22(21)26(29)33/h3-7,15-19,21-22H,8-12H2,1-2H3,(H,27,30)/t16-,17+,18+,19-,21-,22+. The van der Waals surface area contributed by atoms with Crippen molar-refractivity contribution in [1.82, 2.24) is 15.3 Å². The van der Waals surface area contributed by atoms with Crippen molar-refractivity contribution in [2.75, 3.05) is 13.1 Å². The van der Waals surface area contributed by atoms with Crippen LogP contribution in [0.4, 0.5) is 0 Å². The smallest absolute Gasteiger partial charge is 0.254 e. The molecule has 2 aliphatic heterocycles. The van der Waals surface area contributed by atoms with E-state index in [1.807, 2.05) is 32.0 Å². The predicted octanol–water partition coefficient (Wildman–Crippen LogP) is 2.24. The minimum Gasteiger partial charge on any atom is -0.339 e. The maximum atomic E-state index is 13.1. The Bertz CT molecular complexity index is 1050. The van der Waals surface area contributed by atoms with Crippen molar-refractivity contribution in [2.45, 2.75) is 33.1 Å². The van der Waals surface area contributed by atoms with Crippen molar-refractivity contribution in [3.63, 3.8) is 0 Å². The topological polar surface area (TPSA) is 86.8 Å². The highest BCUT2D eigenvalue weighted by atomic mass is 16.2. The zero-order valence-corrected chi connectivity index (χ0v) is 19.0. The Morgan fingerprint density at radius 1 is 0.909 bits per heavy atom. The second kappa shape index (κ2) is 7.27. The van der Waals surface area contributed by atoms with E-state index in [9.17, 15) is 19.2 Å². The predicted molar refractivity (Wildman–Crippen MR) is 119 cm³/mol. The summed E-state index contributed by atoms with van der Waals surface area (Å²) >= 11 is 0. The van der Waals surface area contributed by atoms with Gasteiger partial charge in [0.05, 0.1) is 11.8 Å². The lowest BCUT2D eigenvalue weighted by Crippen LogP contribution is -2.51. The van der Waals surface area contributed by atoms with Crippen LogP contribution in [0.25, 0.3) is 0 Å². The summed E-state index contributed by atoms with van der Waals surface area (Å²) in [5.41, 5.74) is 5.30. The lowest BCUT2D eigenvalue weighted by atomic mass is 9.63. The highest BCUT2D eigenvalue weighted by Gasteiger charge is 2.67. The molecule has 6 atom stereocenters. The van der Waals surface area contributed by atoms with Gasteiger partial charge in [-0.2, -0.15) is 5.01 Å². The molecule has 1 aromatic rings. The maximum Gasteiger partial charge on any atom is 0.254 e. The number of nitrogens with one attached hydrogen (secondary N) is 1. The highest BCUT2D eigenvalue weighted by molar-refractivity contribution is 6.07. The summed E-state index contributed by atoms with van der Waals surface area (Å²) in [5.74, 6) is -0.374. The number of carbonyl (C=O) groups is 4. The Balaban J connectivity index is 1.09. The Labute approximate surface area is 193 Å². The van der Waals surface area contributed by atoms with Gasteiger partial charge in [-0.1, -0.05) is 30.4 Å². The van der Waals surface area contributed by atoms with E-state index >= 15 is 0 Å². The molecule has 0 aromatic heterocycles. The van der Waals surface area contributed by atoms with Crippen LogP contribution in [0.2, 0.25) is 0 Å².